The molecule has 3 aromatic rings. The molecule has 1 amide bonds. The van der Waals surface area contributed by atoms with Crippen LogP contribution >= 0.6 is 0 Å². The van der Waals surface area contributed by atoms with Gasteiger partial charge in [0, 0.05) is 54.4 Å². The zero-order valence-electron chi connectivity index (χ0n) is 17.5. The minimum atomic E-state index is 0.115. The summed E-state index contributed by atoms with van der Waals surface area (Å²) in [6.45, 7) is 5.61. The van der Waals surface area contributed by atoms with Gasteiger partial charge in [0.1, 0.15) is 5.82 Å². The number of pyridine rings is 1. The lowest BCUT2D eigenvalue weighted by Gasteiger charge is -2.32. The van der Waals surface area contributed by atoms with Crippen molar-refractivity contribution in [1.29, 1.82) is 0 Å². The van der Waals surface area contributed by atoms with Crippen LogP contribution in [0.5, 0.6) is 0 Å². The average molecular weight is 402 g/mol. The number of nitrogens with zero attached hydrogens (tertiary/aromatic N) is 4. The van der Waals surface area contributed by atoms with Crippen molar-refractivity contribution >= 4 is 11.7 Å². The number of piperidine rings is 1. The fraction of sp³-hybridized carbons (Fsp3) is 0.333. The molecule has 0 atom stereocenters. The standard InChI is InChI=1S/C24H27N5O/c1-3-20-16-22(28-23(27-20)18-8-12-25-13-9-18)26-21-10-14-29(15-11-21)24(30)19-6-4-17(2)5-7-19/h4-9,12-13,16,21H,3,10-11,14-15H2,1-2H3,(H,26,27,28). The molecule has 1 saturated heterocycles. The molecule has 0 spiro atoms. The van der Waals surface area contributed by atoms with Crippen molar-refractivity contribution in [2.24, 2.45) is 0 Å². The van der Waals surface area contributed by atoms with Crippen LogP contribution in [0.1, 0.15) is 41.4 Å². The summed E-state index contributed by atoms with van der Waals surface area (Å²) in [4.78, 5) is 28.1. The lowest BCUT2D eigenvalue weighted by Crippen LogP contribution is -2.42. The first-order valence-electron chi connectivity index (χ1n) is 10.5. The number of aryl methyl sites for hydroxylation is 2. The zero-order chi connectivity index (χ0) is 20.9. The second kappa shape index (κ2) is 9.03. The van der Waals surface area contributed by atoms with E-state index in [1.165, 1.54) is 0 Å². The second-order valence-electron chi connectivity index (χ2n) is 7.73. The minimum Gasteiger partial charge on any atom is -0.367 e. The first-order chi connectivity index (χ1) is 14.6. The molecule has 1 fully saturated rings. The van der Waals surface area contributed by atoms with Crippen LogP contribution in [0.2, 0.25) is 0 Å². The maximum absolute atomic E-state index is 12.7. The fourth-order valence-corrected chi connectivity index (χ4v) is 3.70. The van der Waals surface area contributed by atoms with Gasteiger partial charge in [-0.05, 0) is 50.5 Å². The van der Waals surface area contributed by atoms with Crippen LogP contribution in [-0.2, 0) is 6.42 Å². The zero-order valence-corrected chi connectivity index (χ0v) is 17.5. The number of carbonyl (C=O) groups is 1. The first kappa shape index (κ1) is 20.0. The molecule has 154 valence electrons. The van der Waals surface area contributed by atoms with Crippen molar-refractivity contribution in [1.82, 2.24) is 19.9 Å². The summed E-state index contributed by atoms with van der Waals surface area (Å²) in [6.07, 6.45) is 6.15. The molecular weight excluding hydrogens is 374 g/mol. The van der Waals surface area contributed by atoms with Crippen molar-refractivity contribution in [3.63, 3.8) is 0 Å². The summed E-state index contributed by atoms with van der Waals surface area (Å²) in [5.41, 5.74) is 3.89. The van der Waals surface area contributed by atoms with Crippen LogP contribution in [0.3, 0.4) is 0 Å². The number of hydrogen-bond donors (Lipinski definition) is 1. The molecule has 0 aliphatic carbocycles. The maximum atomic E-state index is 12.7. The van der Waals surface area contributed by atoms with E-state index in [9.17, 15) is 4.79 Å². The predicted molar refractivity (Wildman–Crippen MR) is 118 cm³/mol. The number of hydrogen-bond acceptors (Lipinski definition) is 5. The topological polar surface area (TPSA) is 71.0 Å². The van der Waals surface area contributed by atoms with Crippen molar-refractivity contribution in [2.45, 2.75) is 39.2 Å². The van der Waals surface area contributed by atoms with Gasteiger partial charge in [-0.25, -0.2) is 9.97 Å². The number of amides is 1. The molecule has 1 aliphatic heterocycles. The molecule has 0 unspecified atom stereocenters. The van der Waals surface area contributed by atoms with Crippen LogP contribution < -0.4 is 5.32 Å². The highest BCUT2D eigenvalue weighted by atomic mass is 16.2. The highest BCUT2D eigenvalue weighted by Crippen LogP contribution is 2.21. The Morgan fingerprint density at radius 2 is 1.77 bits per heavy atom. The van der Waals surface area contributed by atoms with Crippen molar-refractivity contribution in [3.8, 4) is 11.4 Å². The van der Waals surface area contributed by atoms with E-state index in [4.69, 9.17) is 4.98 Å². The van der Waals surface area contributed by atoms with Crippen molar-refractivity contribution in [2.75, 3.05) is 18.4 Å². The summed E-state index contributed by atoms with van der Waals surface area (Å²) in [5.74, 6) is 1.67. The summed E-state index contributed by atoms with van der Waals surface area (Å²) in [5, 5.41) is 3.57. The van der Waals surface area contributed by atoms with E-state index in [0.29, 0.717) is 5.82 Å². The molecule has 0 radical (unpaired) electrons. The Morgan fingerprint density at radius 3 is 2.43 bits per heavy atom. The van der Waals surface area contributed by atoms with Gasteiger partial charge in [0.2, 0.25) is 0 Å². The summed E-state index contributed by atoms with van der Waals surface area (Å²) in [7, 11) is 0. The normalized spacial score (nSPS) is 14.5. The Labute approximate surface area is 177 Å². The summed E-state index contributed by atoms with van der Waals surface area (Å²) >= 11 is 0. The molecule has 2 aromatic heterocycles. The number of nitrogens with one attached hydrogen (secondary N) is 1. The number of anilines is 1. The molecule has 4 rings (SSSR count). The molecule has 0 saturated carbocycles. The van der Waals surface area contributed by atoms with Gasteiger partial charge in [0.05, 0.1) is 0 Å². The molecule has 1 N–H and O–H groups in total. The van der Waals surface area contributed by atoms with E-state index in [-0.39, 0.29) is 11.9 Å². The molecule has 3 heterocycles. The maximum Gasteiger partial charge on any atom is 0.253 e. The number of aromatic nitrogens is 3. The Bertz CT molecular complexity index is 996. The average Bonchev–Trinajstić information content (AvgIpc) is 2.80. The van der Waals surface area contributed by atoms with Gasteiger partial charge in [-0.15, -0.1) is 0 Å². The number of likely N-dealkylation sites (tertiary alicyclic amines) is 1. The van der Waals surface area contributed by atoms with Crippen LogP contribution in [0, 0.1) is 6.92 Å². The molecule has 0 bridgehead atoms. The van der Waals surface area contributed by atoms with Gasteiger partial charge in [0.15, 0.2) is 5.82 Å². The van der Waals surface area contributed by atoms with E-state index in [0.717, 1.165) is 60.6 Å². The second-order valence-corrected chi connectivity index (χ2v) is 7.73. The molecule has 6 nitrogen and oxygen atoms in total. The lowest BCUT2D eigenvalue weighted by molar-refractivity contribution is 0.0718. The molecular formula is C24H27N5O. The fourth-order valence-electron chi connectivity index (χ4n) is 3.70. The summed E-state index contributed by atoms with van der Waals surface area (Å²) < 4.78 is 0. The van der Waals surface area contributed by atoms with Crippen molar-refractivity contribution in [3.05, 3.63) is 71.7 Å². The minimum absolute atomic E-state index is 0.115. The summed E-state index contributed by atoms with van der Waals surface area (Å²) in [6, 6.07) is 14.0. The SMILES string of the molecule is CCc1cc(NC2CCN(C(=O)c3ccc(C)cc3)CC2)nc(-c2ccncc2)n1. The molecule has 1 aromatic carbocycles. The van der Waals surface area contributed by atoms with Crippen LogP contribution in [0.15, 0.2) is 54.9 Å². The van der Waals surface area contributed by atoms with Gasteiger partial charge in [0.25, 0.3) is 5.91 Å². The van der Waals surface area contributed by atoms with Gasteiger partial charge in [-0.2, -0.15) is 0 Å². The Kier molecular flexibility index (Phi) is 6.02. The lowest BCUT2D eigenvalue weighted by atomic mass is 10.0. The van der Waals surface area contributed by atoms with E-state index in [1.54, 1.807) is 12.4 Å². The van der Waals surface area contributed by atoms with E-state index in [1.807, 2.05) is 54.3 Å². The Morgan fingerprint density at radius 1 is 1.07 bits per heavy atom. The smallest absolute Gasteiger partial charge is 0.253 e. The third kappa shape index (κ3) is 4.64. The highest BCUT2D eigenvalue weighted by Gasteiger charge is 2.24. The number of carbonyl (C=O) groups excluding carboxylic acids is 1. The molecule has 6 heteroatoms. The highest BCUT2D eigenvalue weighted by molar-refractivity contribution is 5.94. The van der Waals surface area contributed by atoms with Crippen LogP contribution in [0.25, 0.3) is 11.4 Å². The molecule has 1 aliphatic rings. The third-order valence-corrected chi connectivity index (χ3v) is 5.51. The third-order valence-electron chi connectivity index (χ3n) is 5.51. The van der Waals surface area contributed by atoms with Gasteiger partial charge in [-0.1, -0.05) is 24.6 Å². The van der Waals surface area contributed by atoms with Gasteiger partial charge < -0.3 is 10.2 Å². The quantitative estimate of drug-likeness (QED) is 0.696. The monoisotopic (exact) mass is 401 g/mol. The predicted octanol–water partition coefficient (Wildman–Crippen LogP) is 4.13. The van der Waals surface area contributed by atoms with E-state index >= 15 is 0 Å². The Hall–Kier alpha value is -3.28. The van der Waals surface area contributed by atoms with Gasteiger partial charge >= 0.3 is 0 Å². The van der Waals surface area contributed by atoms with Crippen LogP contribution in [-0.4, -0.2) is 44.9 Å². The Balaban J connectivity index is 1.41. The van der Waals surface area contributed by atoms with Gasteiger partial charge in [-0.3, -0.25) is 9.78 Å². The van der Waals surface area contributed by atoms with E-state index < -0.39 is 0 Å². The number of rotatable bonds is 5. The largest absolute Gasteiger partial charge is 0.367 e. The molecule has 30 heavy (non-hydrogen) atoms. The number of benzene rings is 1. The first-order valence-corrected chi connectivity index (χ1v) is 10.5. The van der Waals surface area contributed by atoms with Crippen LogP contribution in [0.4, 0.5) is 5.82 Å². The van der Waals surface area contributed by atoms with E-state index in [2.05, 4.69) is 22.2 Å². The van der Waals surface area contributed by atoms with Crippen molar-refractivity contribution < 1.29 is 4.79 Å².